The highest BCUT2D eigenvalue weighted by Gasteiger charge is 2.31. The zero-order chi connectivity index (χ0) is 22.1. The van der Waals surface area contributed by atoms with Gasteiger partial charge in [0.25, 0.3) is 11.8 Å². The molecule has 0 saturated carbocycles. The van der Waals surface area contributed by atoms with Gasteiger partial charge in [0.15, 0.2) is 9.84 Å². The third-order valence-corrected chi connectivity index (χ3v) is 6.99. The first kappa shape index (κ1) is 21.8. The lowest BCUT2D eigenvalue weighted by Crippen LogP contribution is -2.35. The van der Waals surface area contributed by atoms with E-state index < -0.39 is 21.8 Å². The Morgan fingerprint density at radius 2 is 1.87 bits per heavy atom. The summed E-state index contributed by atoms with van der Waals surface area (Å²) in [5.74, 6) is -1.00. The maximum atomic E-state index is 12.9. The summed E-state index contributed by atoms with van der Waals surface area (Å²) in [7, 11) is -0.833. The Labute approximate surface area is 177 Å². The van der Waals surface area contributed by atoms with Crippen molar-refractivity contribution in [1.29, 1.82) is 0 Å². The Kier molecular flexibility index (Phi) is 6.13. The standard InChI is InChI=1S/C19H21N3O6S2/c1-20-17(24)15-11-8-9-22(19(25)28-2)10-13(11)29-18(15)21-16(23)12-6-4-5-7-14(12)30(3,26)27/h4-7H,8-10H2,1-3H3,(H,20,24)(H,21,23). The van der Waals surface area contributed by atoms with E-state index in [-0.39, 0.29) is 22.9 Å². The maximum Gasteiger partial charge on any atom is 0.409 e. The molecule has 160 valence electrons. The molecule has 11 heteroatoms. The molecule has 3 rings (SSSR count). The summed E-state index contributed by atoms with van der Waals surface area (Å²) in [5.41, 5.74) is 1.07. The van der Waals surface area contributed by atoms with Crippen molar-refractivity contribution in [3.8, 4) is 0 Å². The molecule has 0 atom stereocenters. The van der Waals surface area contributed by atoms with E-state index in [0.29, 0.717) is 23.5 Å². The van der Waals surface area contributed by atoms with Gasteiger partial charge in [-0.1, -0.05) is 12.1 Å². The first-order valence-corrected chi connectivity index (χ1v) is 11.7. The fraction of sp³-hybridized carbons (Fsp3) is 0.316. The molecule has 2 N–H and O–H groups in total. The first-order chi connectivity index (χ1) is 14.2. The number of fused-ring (bicyclic) bond motifs is 1. The number of carbonyl (C=O) groups excluding carboxylic acids is 3. The maximum absolute atomic E-state index is 12.9. The van der Waals surface area contributed by atoms with E-state index in [4.69, 9.17) is 4.74 Å². The van der Waals surface area contributed by atoms with Crippen LogP contribution >= 0.6 is 11.3 Å². The lowest BCUT2D eigenvalue weighted by Gasteiger charge is -2.25. The number of ether oxygens (including phenoxy) is 1. The van der Waals surface area contributed by atoms with Crippen molar-refractivity contribution in [3.05, 3.63) is 45.8 Å². The number of rotatable bonds is 4. The van der Waals surface area contributed by atoms with Gasteiger partial charge in [0.05, 0.1) is 29.7 Å². The highest BCUT2D eigenvalue weighted by molar-refractivity contribution is 7.90. The molecule has 3 amide bonds. The third-order valence-electron chi connectivity index (χ3n) is 4.70. The van der Waals surface area contributed by atoms with Crippen molar-refractivity contribution in [2.45, 2.75) is 17.9 Å². The molecule has 0 fully saturated rings. The van der Waals surface area contributed by atoms with Gasteiger partial charge in [0, 0.05) is 24.7 Å². The molecule has 2 heterocycles. The highest BCUT2D eigenvalue weighted by Crippen LogP contribution is 2.37. The summed E-state index contributed by atoms with van der Waals surface area (Å²) in [5, 5.41) is 5.56. The largest absolute Gasteiger partial charge is 0.453 e. The quantitative estimate of drug-likeness (QED) is 0.732. The van der Waals surface area contributed by atoms with Gasteiger partial charge in [0.1, 0.15) is 5.00 Å². The number of nitrogens with one attached hydrogen (secondary N) is 2. The van der Waals surface area contributed by atoms with E-state index in [1.807, 2.05) is 0 Å². The number of methoxy groups -OCH3 is 1. The summed E-state index contributed by atoms with van der Waals surface area (Å²) in [6.07, 6.45) is 0.989. The Bertz CT molecular complexity index is 1120. The third kappa shape index (κ3) is 4.17. The number of thiophene rings is 1. The lowest BCUT2D eigenvalue weighted by molar-refractivity contribution is 0.0962. The summed E-state index contributed by atoms with van der Waals surface area (Å²) in [6.45, 7) is 0.636. The predicted octanol–water partition coefficient (Wildman–Crippen LogP) is 1.89. The van der Waals surface area contributed by atoms with Gasteiger partial charge in [-0.2, -0.15) is 0 Å². The predicted molar refractivity (Wildman–Crippen MR) is 112 cm³/mol. The molecule has 0 bridgehead atoms. The van der Waals surface area contributed by atoms with Crippen LogP contribution in [0.25, 0.3) is 0 Å². The second-order valence-corrected chi connectivity index (χ2v) is 9.74. The molecule has 0 radical (unpaired) electrons. The van der Waals surface area contributed by atoms with Crippen molar-refractivity contribution < 1.29 is 27.5 Å². The van der Waals surface area contributed by atoms with Gasteiger partial charge in [-0.25, -0.2) is 13.2 Å². The molecule has 2 aromatic rings. The van der Waals surface area contributed by atoms with E-state index in [1.54, 1.807) is 6.07 Å². The van der Waals surface area contributed by atoms with Gasteiger partial charge in [0.2, 0.25) is 0 Å². The molecule has 0 spiro atoms. The Hall–Kier alpha value is -2.92. The van der Waals surface area contributed by atoms with Crippen molar-refractivity contribution in [3.63, 3.8) is 0 Å². The van der Waals surface area contributed by atoms with Gasteiger partial charge in [-0.3, -0.25) is 9.59 Å². The Morgan fingerprint density at radius 1 is 1.17 bits per heavy atom. The molecular weight excluding hydrogens is 430 g/mol. The lowest BCUT2D eigenvalue weighted by atomic mass is 10.0. The smallest absolute Gasteiger partial charge is 0.409 e. The summed E-state index contributed by atoms with van der Waals surface area (Å²) >= 11 is 1.18. The monoisotopic (exact) mass is 451 g/mol. The molecule has 0 saturated heterocycles. The number of hydrogen-bond donors (Lipinski definition) is 2. The summed E-state index contributed by atoms with van der Waals surface area (Å²) in [6, 6.07) is 5.88. The fourth-order valence-electron chi connectivity index (χ4n) is 3.29. The zero-order valence-corrected chi connectivity index (χ0v) is 18.3. The topological polar surface area (TPSA) is 122 Å². The van der Waals surface area contributed by atoms with Gasteiger partial charge < -0.3 is 20.3 Å². The summed E-state index contributed by atoms with van der Waals surface area (Å²) in [4.78, 5) is 39.4. The molecular formula is C19H21N3O6S2. The zero-order valence-electron chi connectivity index (χ0n) is 16.6. The van der Waals surface area contributed by atoms with E-state index in [1.165, 1.54) is 48.6 Å². The van der Waals surface area contributed by atoms with Crippen LogP contribution in [0.15, 0.2) is 29.2 Å². The molecule has 0 unspecified atom stereocenters. The number of benzene rings is 1. The number of hydrogen-bond acceptors (Lipinski definition) is 7. The minimum atomic E-state index is -3.62. The molecule has 1 aromatic carbocycles. The minimum absolute atomic E-state index is 0.00887. The second-order valence-electron chi connectivity index (χ2n) is 6.65. The molecule has 30 heavy (non-hydrogen) atoms. The van der Waals surface area contributed by atoms with Crippen molar-refractivity contribution >= 4 is 44.1 Å². The average molecular weight is 452 g/mol. The van der Waals surface area contributed by atoms with Crippen LogP contribution in [0.5, 0.6) is 0 Å². The van der Waals surface area contributed by atoms with Crippen LogP contribution in [0.1, 0.15) is 31.2 Å². The van der Waals surface area contributed by atoms with Crippen molar-refractivity contribution in [2.24, 2.45) is 0 Å². The first-order valence-electron chi connectivity index (χ1n) is 8.97. The molecule has 0 aliphatic carbocycles. The van der Waals surface area contributed by atoms with E-state index in [0.717, 1.165) is 16.7 Å². The molecule has 1 aliphatic rings. The average Bonchev–Trinajstić information content (AvgIpc) is 3.08. The van der Waals surface area contributed by atoms with E-state index in [2.05, 4.69) is 10.6 Å². The number of amides is 3. The normalized spacial score (nSPS) is 13.4. The summed E-state index contributed by atoms with van der Waals surface area (Å²) < 4.78 is 28.8. The van der Waals surface area contributed by atoms with Gasteiger partial charge in [-0.05, 0) is 24.1 Å². The molecule has 1 aliphatic heterocycles. The van der Waals surface area contributed by atoms with E-state index >= 15 is 0 Å². The number of sulfone groups is 1. The van der Waals surface area contributed by atoms with Gasteiger partial charge in [-0.15, -0.1) is 11.3 Å². The molecule has 9 nitrogen and oxygen atoms in total. The number of carbonyl (C=O) groups is 3. The Morgan fingerprint density at radius 3 is 2.50 bits per heavy atom. The van der Waals surface area contributed by atoms with Crippen molar-refractivity contribution in [1.82, 2.24) is 10.2 Å². The Balaban J connectivity index is 1.99. The van der Waals surface area contributed by atoms with Crippen LogP contribution in [0.4, 0.5) is 9.80 Å². The van der Waals surface area contributed by atoms with E-state index in [9.17, 15) is 22.8 Å². The van der Waals surface area contributed by atoms with Crippen LogP contribution in [0.2, 0.25) is 0 Å². The second kappa shape index (κ2) is 8.44. The highest BCUT2D eigenvalue weighted by atomic mass is 32.2. The van der Waals surface area contributed by atoms with Gasteiger partial charge >= 0.3 is 6.09 Å². The van der Waals surface area contributed by atoms with Crippen LogP contribution in [-0.2, 0) is 27.5 Å². The fourth-order valence-corrected chi connectivity index (χ4v) is 5.43. The van der Waals surface area contributed by atoms with Crippen molar-refractivity contribution in [2.75, 3.05) is 32.3 Å². The SMILES string of the molecule is CNC(=O)c1c(NC(=O)c2ccccc2S(C)(=O)=O)sc2c1CCN(C(=O)OC)C2. The van der Waals surface area contributed by atoms with Crippen LogP contribution in [0.3, 0.4) is 0 Å². The number of nitrogens with zero attached hydrogens (tertiary/aromatic N) is 1. The minimum Gasteiger partial charge on any atom is -0.453 e. The van der Waals surface area contributed by atoms with Crippen LogP contribution < -0.4 is 10.6 Å². The van der Waals surface area contributed by atoms with Crippen LogP contribution in [0, 0.1) is 0 Å². The van der Waals surface area contributed by atoms with Crippen LogP contribution in [-0.4, -0.2) is 58.2 Å². The number of anilines is 1. The molecule has 1 aromatic heterocycles.